The van der Waals surface area contributed by atoms with Crippen molar-refractivity contribution in [1.29, 1.82) is 0 Å². The summed E-state index contributed by atoms with van der Waals surface area (Å²) in [7, 11) is 0. The number of rotatable bonds is 11. The molecule has 1 aliphatic rings. The summed E-state index contributed by atoms with van der Waals surface area (Å²) in [6.07, 6.45) is 7.26. The van der Waals surface area contributed by atoms with Crippen LogP contribution in [-0.2, 0) is 11.3 Å². The minimum absolute atomic E-state index is 0.00638. The lowest BCUT2D eigenvalue weighted by atomic mass is 9.91. The SMILES string of the molecule is CCCCC(CC)CNc1nc(N2CCN(C(=O)CC(C)(C)C)CC2)nc2c1ncn2Cc1ccccc1. The van der Waals surface area contributed by atoms with Gasteiger partial charge in [0.15, 0.2) is 17.0 Å². The molecule has 2 aromatic heterocycles. The fourth-order valence-corrected chi connectivity index (χ4v) is 5.00. The highest BCUT2D eigenvalue weighted by Gasteiger charge is 2.27. The van der Waals surface area contributed by atoms with Crippen LogP contribution in [0.3, 0.4) is 0 Å². The van der Waals surface area contributed by atoms with Crippen LogP contribution in [0.2, 0.25) is 0 Å². The predicted molar refractivity (Wildman–Crippen MR) is 156 cm³/mol. The van der Waals surface area contributed by atoms with Gasteiger partial charge in [0.2, 0.25) is 11.9 Å². The molecule has 0 spiro atoms. The van der Waals surface area contributed by atoms with Gasteiger partial charge in [-0.3, -0.25) is 4.79 Å². The third kappa shape index (κ3) is 7.23. The molecule has 3 aromatic rings. The summed E-state index contributed by atoms with van der Waals surface area (Å²) in [6, 6.07) is 10.4. The Kier molecular flexibility index (Phi) is 9.23. The number of nitrogens with one attached hydrogen (secondary N) is 1. The zero-order valence-corrected chi connectivity index (χ0v) is 23.9. The Morgan fingerprint density at radius 1 is 1.05 bits per heavy atom. The molecule has 3 heterocycles. The van der Waals surface area contributed by atoms with Gasteiger partial charge in [-0.1, -0.05) is 84.2 Å². The molecule has 4 rings (SSSR count). The number of hydrogen-bond donors (Lipinski definition) is 1. The zero-order valence-electron chi connectivity index (χ0n) is 23.9. The first-order valence-corrected chi connectivity index (χ1v) is 14.3. The minimum Gasteiger partial charge on any atom is -0.368 e. The van der Waals surface area contributed by atoms with Gasteiger partial charge in [-0.25, -0.2) is 4.98 Å². The Bertz CT molecular complexity index is 1180. The van der Waals surface area contributed by atoms with Crippen molar-refractivity contribution in [2.75, 3.05) is 42.9 Å². The van der Waals surface area contributed by atoms with Crippen LogP contribution in [0.15, 0.2) is 36.7 Å². The van der Waals surface area contributed by atoms with Gasteiger partial charge in [0.25, 0.3) is 0 Å². The first kappa shape index (κ1) is 27.9. The lowest BCUT2D eigenvalue weighted by Gasteiger charge is -2.36. The molecule has 1 amide bonds. The molecule has 1 N–H and O–H groups in total. The first-order chi connectivity index (χ1) is 18.3. The number of imidazole rings is 1. The van der Waals surface area contributed by atoms with Gasteiger partial charge in [0.05, 0.1) is 12.9 Å². The Labute approximate surface area is 227 Å². The van der Waals surface area contributed by atoms with Crippen molar-refractivity contribution in [2.24, 2.45) is 11.3 Å². The van der Waals surface area contributed by atoms with Gasteiger partial charge < -0.3 is 19.7 Å². The standard InChI is InChI=1S/C30H45N7O/c1-6-8-12-23(7-2)20-31-27-26-28(37(22-32-26)21-24-13-10-9-11-14-24)34-29(33-27)36-17-15-35(16-18-36)25(38)19-30(3,4)5/h9-11,13-14,22-23H,6-8,12,15-21H2,1-5H3,(H,31,33,34). The summed E-state index contributed by atoms with van der Waals surface area (Å²) in [6.45, 7) is 15.3. The van der Waals surface area contributed by atoms with Crippen molar-refractivity contribution in [3.8, 4) is 0 Å². The number of nitrogens with zero attached hydrogens (tertiary/aromatic N) is 6. The van der Waals surface area contributed by atoms with E-state index in [2.05, 4.69) is 73.7 Å². The summed E-state index contributed by atoms with van der Waals surface area (Å²) in [5.41, 5.74) is 2.86. The first-order valence-electron chi connectivity index (χ1n) is 14.3. The molecule has 1 atom stereocenters. The normalized spacial score (nSPS) is 15.2. The van der Waals surface area contributed by atoms with Crippen molar-refractivity contribution in [3.63, 3.8) is 0 Å². The molecule has 8 heteroatoms. The van der Waals surface area contributed by atoms with E-state index in [1.54, 1.807) is 0 Å². The molecule has 1 aromatic carbocycles. The van der Waals surface area contributed by atoms with E-state index in [1.807, 2.05) is 17.3 Å². The maximum atomic E-state index is 12.8. The van der Waals surface area contributed by atoms with E-state index in [1.165, 1.54) is 24.8 Å². The summed E-state index contributed by atoms with van der Waals surface area (Å²) < 4.78 is 2.11. The van der Waals surface area contributed by atoms with Gasteiger partial charge in [-0.2, -0.15) is 9.97 Å². The molecule has 206 valence electrons. The van der Waals surface area contributed by atoms with Crippen LogP contribution in [0.25, 0.3) is 11.2 Å². The van der Waals surface area contributed by atoms with Gasteiger partial charge >= 0.3 is 0 Å². The van der Waals surface area contributed by atoms with Crippen molar-refractivity contribution in [2.45, 2.75) is 73.3 Å². The monoisotopic (exact) mass is 519 g/mol. The number of carbonyl (C=O) groups excluding carboxylic acids is 1. The lowest BCUT2D eigenvalue weighted by molar-refractivity contribution is -0.133. The van der Waals surface area contributed by atoms with Crippen LogP contribution in [0, 0.1) is 11.3 Å². The number of piperazine rings is 1. The van der Waals surface area contributed by atoms with E-state index in [0.29, 0.717) is 37.9 Å². The van der Waals surface area contributed by atoms with E-state index >= 15 is 0 Å². The highest BCUT2D eigenvalue weighted by Crippen LogP contribution is 2.26. The second kappa shape index (κ2) is 12.6. The molecule has 0 radical (unpaired) electrons. The smallest absolute Gasteiger partial charge is 0.229 e. The molecular weight excluding hydrogens is 474 g/mol. The molecular formula is C30H45N7O. The van der Waals surface area contributed by atoms with Crippen LogP contribution in [0.4, 0.5) is 11.8 Å². The lowest BCUT2D eigenvalue weighted by Crippen LogP contribution is -2.49. The maximum absolute atomic E-state index is 12.8. The number of amides is 1. The molecule has 8 nitrogen and oxygen atoms in total. The van der Waals surface area contributed by atoms with Gasteiger partial charge in [-0.05, 0) is 23.3 Å². The van der Waals surface area contributed by atoms with E-state index in [0.717, 1.165) is 43.0 Å². The van der Waals surface area contributed by atoms with Crippen molar-refractivity contribution >= 4 is 28.8 Å². The van der Waals surface area contributed by atoms with Gasteiger partial charge in [-0.15, -0.1) is 0 Å². The Balaban J connectivity index is 1.57. The number of hydrogen-bond acceptors (Lipinski definition) is 6. The van der Waals surface area contributed by atoms with Crippen LogP contribution in [-0.4, -0.2) is 63.0 Å². The van der Waals surface area contributed by atoms with Crippen LogP contribution in [0.1, 0.15) is 72.3 Å². The van der Waals surface area contributed by atoms with Crippen LogP contribution < -0.4 is 10.2 Å². The maximum Gasteiger partial charge on any atom is 0.229 e. The quantitative estimate of drug-likeness (QED) is 0.356. The third-order valence-corrected chi connectivity index (χ3v) is 7.35. The molecule has 1 unspecified atom stereocenters. The Morgan fingerprint density at radius 3 is 2.45 bits per heavy atom. The number of fused-ring (bicyclic) bond motifs is 1. The fraction of sp³-hybridized carbons (Fsp3) is 0.600. The molecule has 0 bridgehead atoms. The van der Waals surface area contributed by atoms with Crippen molar-refractivity contribution < 1.29 is 4.79 Å². The third-order valence-electron chi connectivity index (χ3n) is 7.35. The topological polar surface area (TPSA) is 79.2 Å². The highest BCUT2D eigenvalue weighted by molar-refractivity contribution is 5.84. The number of carbonyl (C=O) groups is 1. The summed E-state index contributed by atoms with van der Waals surface area (Å²) in [5.74, 6) is 2.35. The minimum atomic E-state index is -0.00638. The Morgan fingerprint density at radius 2 is 1.79 bits per heavy atom. The van der Waals surface area contributed by atoms with E-state index in [4.69, 9.17) is 15.0 Å². The molecule has 38 heavy (non-hydrogen) atoms. The van der Waals surface area contributed by atoms with E-state index in [-0.39, 0.29) is 11.3 Å². The molecule has 0 aliphatic carbocycles. The zero-order chi connectivity index (χ0) is 27.1. The average molecular weight is 520 g/mol. The van der Waals surface area contributed by atoms with Gasteiger partial charge in [0.1, 0.15) is 0 Å². The number of anilines is 2. The number of benzene rings is 1. The average Bonchev–Trinajstić information content (AvgIpc) is 3.31. The summed E-state index contributed by atoms with van der Waals surface area (Å²) >= 11 is 0. The van der Waals surface area contributed by atoms with E-state index in [9.17, 15) is 4.79 Å². The van der Waals surface area contributed by atoms with Crippen molar-refractivity contribution in [3.05, 3.63) is 42.2 Å². The van der Waals surface area contributed by atoms with Gasteiger partial charge in [0, 0.05) is 39.1 Å². The second-order valence-corrected chi connectivity index (χ2v) is 11.8. The fourth-order valence-electron chi connectivity index (χ4n) is 5.00. The largest absolute Gasteiger partial charge is 0.368 e. The summed E-state index contributed by atoms with van der Waals surface area (Å²) in [5, 5.41) is 3.64. The second-order valence-electron chi connectivity index (χ2n) is 11.8. The number of aromatic nitrogens is 4. The summed E-state index contributed by atoms with van der Waals surface area (Å²) in [4.78, 5) is 31.7. The highest BCUT2D eigenvalue weighted by atomic mass is 16.2. The van der Waals surface area contributed by atoms with Crippen molar-refractivity contribution in [1.82, 2.24) is 24.4 Å². The molecule has 1 saturated heterocycles. The number of unbranched alkanes of at least 4 members (excludes halogenated alkanes) is 1. The molecule has 1 aliphatic heterocycles. The Hall–Kier alpha value is -3.16. The molecule has 0 saturated carbocycles. The van der Waals surface area contributed by atoms with E-state index < -0.39 is 0 Å². The predicted octanol–water partition coefficient (Wildman–Crippen LogP) is 5.59. The molecule has 1 fully saturated rings. The van der Waals surface area contributed by atoms with Crippen LogP contribution >= 0.6 is 0 Å². The van der Waals surface area contributed by atoms with Crippen LogP contribution in [0.5, 0.6) is 0 Å².